The second kappa shape index (κ2) is 7.45. The Hall–Kier alpha value is -2.41. The van der Waals surface area contributed by atoms with Gasteiger partial charge in [-0.15, -0.1) is 11.3 Å². The molecule has 0 spiro atoms. The van der Waals surface area contributed by atoms with Crippen LogP contribution in [-0.2, 0) is 9.59 Å². The maximum absolute atomic E-state index is 12.6. The summed E-state index contributed by atoms with van der Waals surface area (Å²) in [6.07, 6.45) is 2.30. The third-order valence-corrected chi connectivity index (χ3v) is 5.97. The number of carbonyl (C=O) groups is 2. The van der Waals surface area contributed by atoms with Crippen LogP contribution in [0, 0.1) is 0 Å². The minimum Gasteiger partial charge on any atom is -0.345 e. The van der Waals surface area contributed by atoms with Gasteiger partial charge in [0.1, 0.15) is 0 Å². The van der Waals surface area contributed by atoms with Gasteiger partial charge in [0, 0.05) is 56.6 Å². The standard InChI is InChI=1S/C19H22N4O2S/c24-17-12-16(15-4-2-1-3-5-15)13-23(17)14-18(25)21-7-9-22(10-8-21)19-20-6-11-26-19/h1-6,11,16H,7-10,12-14H2/t16-/m0/s1. The zero-order valence-corrected chi connectivity index (χ0v) is 15.4. The average Bonchev–Trinajstić information content (AvgIpc) is 3.33. The third kappa shape index (κ3) is 3.58. The number of nitrogens with zero attached hydrogens (tertiary/aromatic N) is 4. The van der Waals surface area contributed by atoms with Gasteiger partial charge in [-0.3, -0.25) is 9.59 Å². The Labute approximate surface area is 157 Å². The Morgan fingerprint density at radius 2 is 1.92 bits per heavy atom. The van der Waals surface area contributed by atoms with Crippen LogP contribution in [0.2, 0.25) is 0 Å². The summed E-state index contributed by atoms with van der Waals surface area (Å²) in [5.74, 6) is 0.317. The Morgan fingerprint density at radius 1 is 1.15 bits per heavy atom. The highest BCUT2D eigenvalue weighted by atomic mass is 32.1. The van der Waals surface area contributed by atoms with Crippen LogP contribution in [0.4, 0.5) is 5.13 Å². The van der Waals surface area contributed by atoms with E-state index in [0.717, 1.165) is 18.2 Å². The SMILES string of the molecule is O=C(CN1C[C@@H](c2ccccc2)CC1=O)N1CCN(c2nccs2)CC1. The summed E-state index contributed by atoms with van der Waals surface area (Å²) in [6.45, 7) is 3.78. The fourth-order valence-electron chi connectivity index (χ4n) is 3.66. The lowest BCUT2D eigenvalue weighted by molar-refractivity contribution is -0.138. The van der Waals surface area contributed by atoms with E-state index in [1.165, 1.54) is 5.56 Å². The van der Waals surface area contributed by atoms with Crippen LogP contribution in [0.25, 0.3) is 0 Å². The first-order valence-corrected chi connectivity index (χ1v) is 9.83. The highest BCUT2D eigenvalue weighted by molar-refractivity contribution is 7.13. The van der Waals surface area contributed by atoms with E-state index in [1.807, 2.05) is 28.5 Å². The summed E-state index contributed by atoms with van der Waals surface area (Å²) >= 11 is 1.62. The Balaban J connectivity index is 1.30. The molecule has 2 aromatic rings. The number of hydrogen-bond acceptors (Lipinski definition) is 5. The first-order valence-electron chi connectivity index (χ1n) is 8.95. The largest absolute Gasteiger partial charge is 0.345 e. The molecule has 1 aromatic heterocycles. The van der Waals surface area contributed by atoms with Crippen molar-refractivity contribution in [2.75, 3.05) is 44.2 Å². The molecular formula is C19H22N4O2S. The Bertz CT molecular complexity index is 757. The van der Waals surface area contributed by atoms with Gasteiger partial charge < -0.3 is 14.7 Å². The van der Waals surface area contributed by atoms with Crippen LogP contribution >= 0.6 is 11.3 Å². The van der Waals surface area contributed by atoms with Gasteiger partial charge in [-0.05, 0) is 5.56 Å². The lowest BCUT2D eigenvalue weighted by Gasteiger charge is -2.35. The maximum atomic E-state index is 12.6. The highest BCUT2D eigenvalue weighted by Crippen LogP contribution is 2.28. The first-order chi connectivity index (χ1) is 12.7. The second-order valence-electron chi connectivity index (χ2n) is 6.77. The van der Waals surface area contributed by atoms with E-state index in [-0.39, 0.29) is 24.3 Å². The van der Waals surface area contributed by atoms with Crippen LogP contribution in [-0.4, -0.2) is 65.9 Å². The molecule has 6 nitrogen and oxygen atoms in total. The first kappa shape index (κ1) is 17.0. The van der Waals surface area contributed by atoms with Crippen molar-refractivity contribution in [1.82, 2.24) is 14.8 Å². The predicted molar refractivity (Wildman–Crippen MR) is 101 cm³/mol. The fourth-order valence-corrected chi connectivity index (χ4v) is 4.35. The molecule has 2 fully saturated rings. The van der Waals surface area contributed by atoms with Crippen molar-refractivity contribution < 1.29 is 9.59 Å². The number of anilines is 1. The molecule has 0 unspecified atom stereocenters. The van der Waals surface area contributed by atoms with Gasteiger partial charge in [0.15, 0.2) is 5.13 Å². The molecule has 1 atom stereocenters. The van der Waals surface area contributed by atoms with E-state index in [0.29, 0.717) is 26.1 Å². The van der Waals surface area contributed by atoms with E-state index in [9.17, 15) is 9.59 Å². The van der Waals surface area contributed by atoms with Crippen molar-refractivity contribution >= 4 is 28.3 Å². The minimum atomic E-state index is 0.0471. The Kier molecular flexibility index (Phi) is 4.88. The van der Waals surface area contributed by atoms with Gasteiger partial charge in [-0.1, -0.05) is 30.3 Å². The highest BCUT2D eigenvalue weighted by Gasteiger charge is 2.33. The fraction of sp³-hybridized carbons (Fsp3) is 0.421. The lowest BCUT2D eigenvalue weighted by atomic mass is 9.99. The molecule has 0 radical (unpaired) electrons. The number of aromatic nitrogens is 1. The van der Waals surface area contributed by atoms with Gasteiger partial charge >= 0.3 is 0 Å². The molecule has 2 saturated heterocycles. The molecule has 0 aliphatic carbocycles. The van der Waals surface area contributed by atoms with Crippen molar-refractivity contribution in [3.05, 3.63) is 47.5 Å². The van der Waals surface area contributed by atoms with E-state index in [2.05, 4.69) is 22.0 Å². The van der Waals surface area contributed by atoms with Gasteiger partial charge in [0.2, 0.25) is 11.8 Å². The Morgan fingerprint density at radius 3 is 2.62 bits per heavy atom. The van der Waals surface area contributed by atoms with Crippen LogP contribution in [0.3, 0.4) is 0 Å². The van der Waals surface area contributed by atoms with Crippen molar-refractivity contribution in [2.45, 2.75) is 12.3 Å². The number of benzene rings is 1. The van der Waals surface area contributed by atoms with Crippen LogP contribution < -0.4 is 4.90 Å². The molecule has 0 N–H and O–H groups in total. The van der Waals surface area contributed by atoms with Crippen LogP contribution in [0.15, 0.2) is 41.9 Å². The predicted octanol–water partition coefficient (Wildman–Crippen LogP) is 1.81. The molecule has 0 bridgehead atoms. The number of hydrogen-bond donors (Lipinski definition) is 0. The van der Waals surface area contributed by atoms with E-state index >= 15 is 0 Å². The second-order valence-corrected chi connectivity index (χ2v) is 7.64. The summed E-state index contributed by atoms with van der Waals surface area (Å²) < 4.78 is 0. The number of thiazole rings is 1. The maximum Gasteiger partial charge on any atom is 0.242 e. The van der Waals surface area contributed by atoms with Gasteiger partial charge in [0.05, 0.1) is 6.54 Å². The lowest BCUT2D eigenvalue weighted by Crippen LogP contribution is -2.51. The van der Waals surface area contributed by atoms with Crippen LogP contribution in [0.1, 0.15) is 17.9 Å². The average molecular weight is 370 g/mol. The van der Waals surface area contributed by atoms with Crippen molar-refractivity contribution in [1.29, 1.82) is 0 Å². The molecule has 4 rings (SSSR count). The quantitative estimate of drug-likeness (QED) is 0.824. The minimum absolute atomic E-state index is 0.0471. The normalized spacial score (nSPS) is 20.7. The number of carbonyl (C=O) groups excluding carboxylic acids is 2. The molecule has 3 heterocycles. The van der Waals surface area contributed by atoms with E-state index in [4.69, 9.17) is 0 Å². The molecular weight excluding hydrogens is 348 g/mol. The molecule has 1 aromatic carbocycles. The molecule has 2 aliphatic rings. The molecule has 136 valence electrons. The summed E-state index contributed by atoms with van der Waals surface area (Å²) in [5, 5.41) is 2.98. The number of rotatable bonds is 4. The van der Waals surface area contributed by atoms with E-state index < -0.39 is 0 Å². The van der Waals surface area contributed by atoms with Gasteiger partial charge in [0.25, 0.3) is 0 Å². The summed E-state index contributed by atoms with van der Waals surface area (Å²) in [5.41, 5.74) is 1.17. The smallest absolute Gasteiger partial charge is 0.242 e. The summed E-state index contributed by atoms with van der Waals surface area (Å²) in [7, 11) is 0. The number of likely N-dealkylation sites (tertiary alicyclic amines) is 1. The molecule has 26 heavy (non-hydrogen) atoms. The molecule has 0 saturated carbocycles. The zero-order valence-electron chi connectivity index (χ0n) is 14.6. The third-order valence-electron chi connectivity index (χ3n) is 5.13. The molecule has 7 heteroatoms. The summed E-state index contributed by atoms with van der Waals surface area (Å²) in [6, 6.07) is 10.1. The number of piperazine rings is 1. The van der Waals surface area contributed by atoms with Crippen molar-refractivity contribution in [3.63, 3.8) is 0 Å². The monoisotopic (exact) mass is 370 g/mol. The van der Waals surface area contributed by atoms with Gasteiger partial charge in [-0.2, -0.15) is 0 Å². The topological polar surface area (TPSA) is 56.8 Å². The number of amides is 2. The summed E-state index contributed by atoms with van der Waals surface area (Å²) in [4.78, 5) is 35.1. The molecule has 2 aliphatic heterocycles. The van der Waals surface area contributed by atoms with E-state index in [1.54, 1.807) is 22.4 Å². The zero-order chi connectivity index (χ0) is 17.9. The van der Waals surface area contributed by atoms with Gasteiger partial charge in [-0.25, -0.2) is 4.98 Å². The van der Waals surface area contributed by atoms with Crippen LogP contribution in [0.5, 0.6) is 0 Å². The van der Waals surface area contributed by atoms with Crippen molar-refractivity contribution in [3.8, 4) is 0 Å². The van der Waals surface area contributed by atoms with Crippen molar-refractivity contribution in [2.24, 2.45) is 0 Å². The molecule has 2 amide bonds.